The molecule has 0 saturated heterocycles. The molecule has 2 aromatic carbocycles. The van der Waals surface area contributed by atoms with Gasteiger partial charge in [0.1, 0.15) is 11.5 Å². The number of ether oxygens (including phenoxy) is 2. The average Bonchev–Trinajstić information content (AvgIpc) is 2.98. The maximum absolute atomic E-state index is 12.5. The Morgan fingerprint density at radius 1 is 1.14 bits per heavy atom. The molecule has 0 bridgehead atoms. The van der Waals surface area contributed by atoms with Crippen LogP contribution in [0.15, 0.2) is 42.5 Å². The molecule has 1 heterocycles. The second-order valence-corrected chi connectivity index (χ2v) is 5.67. The lowest BCUT2D eigenvalue weighted by atomic mass is 10.1. The Morgan fingerprint density at radius 3 is 2.55 bits per heavy atom. The smallest absolute Gasteiger partial charge is 0.221 e. The largest absolute Gasteiger partial charge is 0.497 e. The van der Waals surface area contributed by atoms with Crippen molar-refractivity contribution < 1.29 is 14.3 Å². The molecule has 0 amide bonds. The van der Waals surface area contributed by atoms with Gasteiger partial charge >= 0.3 is 0 Å². The molecular formula is C17H15NO3S. The van der Waals surface area contributed by atoms with Crippen molar-refractivity contribution in [1.29, 1.82) is 0 Å². The van der Waals surface area contributed by atoms with Gasteiger partial charge in [0.2, 0.25) is 5.78 Å². The van der Waals surface area contributed by atoms with E-state index in [2.05, 4.69) is 4.98 Å². The lowest BCUT2D eigenvalue weighted by Crippen LogP contribution is -2.00. The number of carbonyl (C=O) groups is 1. The minimum absolute atomic E-state index is 0.0804. The van der Waals surface area contributed by atoms with Crippen molar-refractivity contribution in [2.45, 2.75) is 6.92 Å². The summed E-state index contributed by atoms with van der Waals surface area (Å²) in [4.78, 5) is 16.9. The van der Waals surface area contributed by atoms with Crippen LogP contribution in [0.1, 0.15) is 22.3 Å². The summed E-state index contributed by atoms with van der Waals surface area (Å²) in [5.74, 6) is 1.44. The molecule has 3 rings (SSSR count). The minimum Gasteiger partial charge on any atom is -0.497 e. The monoisotopic (exact) mass is 313 g/mol. The molecule has 4 nitrogen and oxygen atoms in total. The Labute approximate surface area is 132 Å². The lowest BCUT2D eigenvalue weighted by molar-refractivity contribution is 0.103. The fourth-order valence-corrected chi connectivity index (χ4v) is 3.08. The van der Waals surface area contributed by atoms with Crippen LogP contribution < -0.4 is 9.47 Å². The number of thiazole rings is 1. The molecule has 0 atom stereocenters. The van der Waals surface area contributed by atoms with Gasteiger partial charge in [-0.3, -0.25) is 4.79 Å². The van der Waals surface area contributed by atoms with Crippen molar-refractivity contribution in [3.05, 3.63) is 53.0 Å². The summed E-state index contributed by atoms with van der Waals surface area (Å²) in [6.07, 6.45) is 0. The first-order chi connectivity index (χ1) is 10.7. The highest BCUT2D eigenvalue weighted by Crippen LogP contribution is 2.28. The van der Waals surface area contributed by atoms with Gasteiger partial charge in [0.05, 0.1) is 23.9 Å². The fourth-order valence-electron chi connectivity index (χ4n) is 2.12. The summed E-state index contributed by atoms with van der Waals surface area (Å²) in [5.41, 5.74) is 1.41. The standard InChI is InChI=1S/C17H15NO3S/c1-3-21-12-6-4-11(5-7-12)16(19)17-18-14-9-8-13(20-2)10-15(14)22-17/h4-10H,3H2,1-2H3. The maximum Gasteiger partial charge on any atom is 0.221 e. The van der Waals surface area contributed by atoms with Crippen molar-refractivity contribution in [3.8, 4) is 11.5 Å². The van der Waals surface area contributed by atoms with Gasteiger partial charge in [-0.25, -0.2) is 4.98 Å². The molecule has 0 aliphatic heterocycles. The van der Waals surface area contributed by atoms with Crippen LogP contribution in [0.2, 0.25) is 0 Å². The van der Waals surface area contributed by atoms with Gasteiger partial charge in [0.25, 0.3) is 0 Å². The van der Waals surface area contributed by atoms with Gasteiger partial charge in [0, 0.05) is 5.56 Å². The first kappa shape index (κ1) is 14.5. The first-order valence-corrected chi connectivity index (χ1v) is 7.75. The van der Waals surface area contributed by atoms with Crippen molar-refractivity contribution in [1.82, 2.24) is 4.98 Å². The van der Waals surface area contributed by atoms with E-state index in [0.29, 0.717) is 17.2 Å². The van der Waals surface area contributed by atoms with Crippen LogP contribution in [0.3, 0.4) is 0 Å². The zero-order valence-corrected chi connectivity index (χ0v) is 13.1. The summed E-state index contributed by atoms with van der Waals surface area (Å²) < 4.78 is 11.5. The SMILES string of the molecule is CCOc1ccc(C(=O)c2nc3ccc(OC)cc3s2)cc1. The lowest BCUT2D eigenvalue weighted by Gasteiger charge is -2.03. The topological polar surface area (TPSA) is 48.4 Å². The Hall–Kier alpha value is -2.40. The molecule has 0 saturated carbocycles. The van der Waals surface area contributed by atoms with E-state index >= 15 is 0 Å². The van der Waals surface area contributed by atoms with Gasteiger partial charge in [-0.05, 0) is 49.4 Å². The van der Waals surface area contributed by atoms with Gasteiger partial charge < -0.3 is 9.47 Å². The third-order valence-electron chi connectivity index (χ3n) is 3.22. The summed E-state index contributed by atoms with van der Waals surface area (Å²) in [5, 5.41) is 0.479. The Kier molecular flexibility index (Phi) is 4.06. The van der Waals surface area contributed by atoms with E-state index in [1.54, 1.807) is 31.4 Å². The summed E-state index contributed by atoms with van der Waals surface area (Å²) in [6, 6.07) is 12.7. The number of carbonyl (C=O) groups excluding carboxylic acids is 1. The van der Waals surface area contributed by atoms with Crippen molar-refractivity contribution in [2.24, 2.45) is 0 Å². The number of nitrogens with zero attached hydrogens (tertiary/aromatic N) is 1. The van der Waals surface area contributed by atoms with Crippen LogP contribution in [0.25, 0.3) is 10.2 Å². The quantitative estimate of drug-likeness (QED) is 0.670. The molecule has 5 heteroatoms. The van der Waals surface area contributed by atoms with Crippen LogP contribution in [0, 0.1) is 0 Å². The maximum atomic E-state index is 12.5. The highest BCUT2D eigenvalue weighted by atomic mass is 32.1. The second-order valence-electron chi connectivity index (χ2n) is 4.64. The number of methoxy groups -OCH3 is 1. The predicted octanol–water partition coefficient (Wildman–Crippen LogP) is 3.93. The average molecular weight is 313 g/mol. The Bertz CT molecular complexity index is 808. The highest BCUT2D eigenvalue weighted by Gasteiger charge is 2.15. The van der Waals surface area contributed by atoms with Crippen LogP contribution in [-0.4, -0.2) is 24.5 Å². The Morgan fingerprint density at radius 2 is 1.86 bits per heavy atom. The molecule has 0 unspecified atom stereocenters. The molecule has 0 aliphatic carbocycles. The normalized spacial score (nSPS) is 10.6. The van der Waals surface area contributed by atoms with E-state index in [0.717, 1.165) is 21.7 Å². The van der Waals surface area contributed by atoms with E-state index in [-0.39, 0.29) is 5.78 Å². The summed E-state index contributed by atoms with van der Waals surface area (Å²) in [6.45, 7) is 2.53. The van der Waals surface area contributed by atoms with E-state index in [1.807, 2.05) is 25.1 Å². The van der Waals surface area contributed by atoms with Crippen molar-refractivity contribution >= 4 is 27.3 Å². The van der Waals surface area contributed by atoms with E-state index in [1.165, 1.54) is 11.3 Å². The van der Waals surface area contributed by atoms with Gasteiger partial charge in [0.15, 0.2) is 5.01 Å². The number of ketones is 1. The van der Waals surface area contributed by atoms with Crippen LogP contribution >= 0.6 is 11.3 Å². The highest BCUT2D eigenvalue weighted by molar-refractivity contribution is 7.20. The molecule has 22 heavy (non-hydrogen) atoms. The molecule has 0 fully saturated rings. The fraction of sp³-hybridized carbons (Fsp3) is 0.176. The number of rotatable bonds is 5. The third kappa shape index (κ3) is 2.80. The zero-order chi connectivity index (χ0) is 15.5. The molecule has 3 aromatic rings. The molecule has 0 spiro atoms. The van der Waals surface area contributed by atoms with Gasteiger partial charge in [-0.2, -0.15) is 0 Å². The van der Waals surface area contributed by atoms with Crippen LogP contribution in [0.4, 0.5) is 0 Å². The first-order valence-electron chi connectivity index (χ1n) is 6.93. The number of aromatic nitrogens is 1. The van der Waals surface area contributed by atoms with Crippen LogP contribution in [-0.2, 0) is 0 Å². The van der Waals surface area contributed by atoms with E-state index in [4.69, 9.17) is 9.47 Å². The zero-order valence-electron chi connectivity index (χ0n) is 12.3. The Balaban J connectivity index is 1.90. The van der Waals surface area contributed by atoms with Crippen molar-refractivity contribution in [2.75, 3.05) is 13.7 Å². The van der Waals surface area contributed by atoms with Gasteiger partial charge in [-0.1, -0.05) is 0 Å². The molecule has 0 aliphatic rings. The third-order valence-corrected chi connectivity index (χ3v) is 4.23. The number of hydrogen-bond donors (Lipinski definition) is 0. The second kappa shape index (κ2) is 6.15. The summed E-state index contributed by atoms with van der Waals surface area (Å²) >= 11 is 1.37. The molecule has 0 N–H and O–H groups in total. The van der Waals surface area contributed by atoms with Crippen molar-refractivity contribution in [3.63, 3.8) is 0 Å². The van der Waals surface area contributed by atoms with E-state index < -0.39 is 0 Å². The predicted molar refractivity (Wildman–Crippen MR) is 87.2 cm³/mol. The summed E-state index contributed by atoms with van der Waals surface area (Å²) in [7, 11) is 1.62. The number of benzene rings is 2. The molecule has 1 aromatic heterocycles. The number of hydrogen-bond acceptors (Lipinski definition) is 5. The van der Waals surface area contributed by atoms with E-state index in [9.17, 15) is 4.79 Å². The molecular weight excluding hydrogens is 298 g/mol. The number of fused-ring (bicyclic) bond motifs is 1. The van der Waals surface area contributed by atoms with Crippen LogP contribution in [0.5, 0.6) is 11.5 Å². The molecule has 0 radical (unpaired) electrons. The minimum atomic E-state index is -0.0804. The van der Waals surface area contributed by atoms with Gasteiger partial charge in [-0.15, -0.1) is 11.3 Å². The molecule has 112 valence electrons.